The van der Waals surface area contributed by atoms with E-state index in [9.17, 15) is 18.3 Å². The summed E-state index contributed by atoms with van der Waals surface area (Å²) in [5.41, 5.74) is 0.904. The van der Waals surface area contributed by atoms with Crippen LogP contribution in [-0.4, -0.2) is 50.7 Å². The zero-order valence-corrected chi connectivity index (χ0v) is 17.5. The van der Waals surface area contributed by atoms with E-state index in [1.165, 1.54) is 24.3 Å². The molecule has 1 fully saturated rings. The fourth-order valence-electron chi connectivity index (χ4n) is 3.55. The average Bonchev–Trinajstić information content (AvgIpc) is 2.80. The highest BCUT2D eigenvalue weighted by atomic mass is 32.2. The van der Waals surface area contributed by atoms with Crippen LogP contribution in [0.15, 0.2) is 77.8 Å². The quantitative estimate of drug-likeness (QED) is 0.610. The molecule has 31 heavy (non-hydrogen) atoms. The number of aromatic carboxylic acids is 1. The minimum absolute atomic E-state index is 0.0154. The predicted octanol–water partition coefficient (Wildman–Crippen LogP) is 2.91. The summed E-state index contributed by atoms with van der Waals surface area (Å²) in [6.45, 7) is 2.71. The van der Waals surface area contributed by atoms with Crippen molar-refractivity contribution < 1.29 is 18.3 Å². The van der Waals surface area contributed by atoms with Crippen molar-refractivity contribution in [3.63, 3.8) is 0 Å². The van der Waals surface area contributed by atoms with Crippen molar-refractivity contribution in [1.82, 2.24) is 4.98 Å². The van der Waals surface area contributed by atoms with Gasteiger partial charge in [0.15, 0.2) is 0 Å². The molecule has 0 radical (unpaired) electrons. The number of pyridine rings is 1. The van der Waals surface area contributed by atoms with Crippen LogP contribution in [0.3, 0.4) is 0 Å². The van der Waals surface area contributed by atoms with Gasteiger partial charge in [-0.25, -0.2) is 18.2 Å². The lowest BCUT2D eigenvalue weighted by Crippen LogP contribution is -2.47. The third-order valence-electron chi connectivity index (χ3n) is 5.13. The normalized spacial score (nSPS) is 14.3. The summed E-state index contributed by atoms with van der Waals surface area (Å²) in [7, 11) is -3.86. The second-order valence-electron chi connectivity index (χ2n) is 7.12. The van der Waals surface area contributed by atoms with Crippen LogP contribution in [0.5, 0.6) is 0 Å². The van der Waals surface area contributed by atoms with E-state index in [4.69, 9.17) is 0 Å². The second-order valence-corrected chi connectivity index (χ2v) is 8.80. The summed E-state index contributed by atoms with van der Waals surface area (Å²) in [6, 6.07) is 18.3. The Kier molecular flexibility index (Phi) is 5.77. The molecule has 4 rings (SSSR count). The number of anilines is 3. The maximum Gasteiger partial charge on any atom is 0.335 e. The number of nitrogens with one attached hydrogen (secondary N) is 1. The molecule has 0 spiro atoms. The highest BCUT2D eigenvalue weighted by Gasteiger charge is 2.23. The first-order valence-electron chi connectivity index (χ1n) is 9.80. The van der Waals surface area contributed by atoms with Crippen LogP contribution >= 0.6 is 0 Å². The van der Waals surface area contributed by atoms with Crippen molar-refractivity contribution in [3.05, 3.63) is 78.5 Å². The molecule has 8 nitrogen and oxygen atoms in total. The first kappa shape index (κ1) is 20.7. The lowest BCUT2D eigenvalue weighted by molar-refractivity contribution is 0.0697. The molecule has 2 heterocycles. The molecule has 0 bridgehead atoms. The Morgan fingerprint density at radius 2 is 1.58 bits per heavy atom. The van der Waals surface area contributed by atoms with Crippen LogP contribution < -0.4 is 14.5 Å². The molecule has 3 aromatic rings. The van der Waals surface area contributed by atoms with Gasteiger partial charge >= 0.3 is 5.97 Å². The van der Waals surface area contributed by atoms with E-state index in [1.54, 1.807) is 30.5 Å². The number of sulfonamides is 1. The van der Waals surface area contributed by atoms with E-state index in [2.05, 4.69) is 14.6 Å². The molecule has 0 aliphatic carbocycles. The van der Waals surface area contributed by atoms with Crippen molar-refractivity contribution >= 4 is 33.2 Å². The molecular weight excluding hydrogens is 416 g/mol. The fraction of sp³-hybridized carbons (Fsp3) is 0.182. The number of rotatable bonds is 6. The van der Waals surface area contributed by atoms with Crippen molar-refractivity contribution in [3.8, 4) is 0 Å². The number of nitrogens with zero attached hydrogens (tertiary/aromatic N) is 3. The second kappa shape index (κ2) is 8.65. The summed E-state index contributed by atoms with van der Waals surface area (Å²) in [5, 5.41) is 9.38. The van der Waals surface area contributed by atoms with Crippen LogP contribution in [0, 0.1) is 0 Å². The van der Waals surface area contributed by atoms with E-state index in [1.807, 2.05) is 23.1 Å². The zero-order valence-electron chi connectivity index (χ0n) is 16.7. The van der Waals surface area contributed by atoms with Crippen molar-refractivity contribution in [2.75, 3.05) is 40.7 Å². The van der Waals surface area contributed by atoms with Gasteiger partial charge in [0.25, 0.3) is 10.0 Å². The molecule has 0 unspecified atom stereocenters. The number of carboxylic acids is 1. The van der Waals surface area contributed by atoms with Gasteiger partial charge in [0.1, 0.15) is 5.82 Å². The van der Waals surface area contributed by atoms with E-state index in [-0.39, 0.29) is 16.1 Å². The lowest BCUT2D eigenvalue weighted by Gasteiger charge is -2.37. The van der Waals surface area contributed by atoms with Gasteiger partial charge in [0.2, 0.25) is 0 Å². The van der Waals surface area contributed by atoms with Crippen molar-refractivity contribution in [2.45, 2.75) is 4.90 Å². The largest absolute Gasteiger partial charge is 0.478 e. The average molecular weight is 439 g/mol. The third kappa shape index (κ3) is 4.61. The summed E-state index contributed by atoms with van der Waals surface area (Å²) < 4.78 is 28.3. The van der Waals surface area contributed by atoms with Gasteiger partial charge in [-0.1, -0.05) is 24.3 Å². The number of aromatic nitrogens is 1. The monoisotopic (exact) mass is 438 g/mol. The number of carbonyl (C=O) groups is 1. The van der Waals surface area contributed by atoms with Crippen molar-refractivity contribution in [2.24, 2.45) is 0 Å². The Morgan fingerprint density at radius 1 is 0.903 bits per heavy atom. The molecule has 2 aromatic carbocycles. The van der Waals surface area contributed by atoms with E-state index < -0.39 is 16.0 Å². The number of piperazine rings is 1. The highest BCUT2D eigenvalue weighted by molar-refractivity contribution is 7.92. The van der Waals surface area contributed by atoms with Gasteiger partial charge in [0, 0.05) is 32.4 Å². The number of hydrogen-bond donors (Lipinski definition) is 2. The molecule has 0 atom stereocenters. The summed E-state index contributed by atoms with van der Waals surface area (Å²) in [4.78, 5) is 20.2. The molecule has 9 heteroatoms. The zero-order chi connectivity index (χ0) is 21.8. The molecule has 1 saturated heterocycles. The third-order valence-corrected chi connectivity index (χ3v) is 6.52. The first-order chi connectivity index (χ1) is 14.9. The molecule has 0 amide bonds. The van der Waals surface area contributed by atoms with Gasteiger partial charge < -0.3 is 14.9 Å². The highest BCUT2D eigenvalue weighted by Crippen LogP contribution is 2.31. The Labute approximate surface area is 180 Å². The van der Waals surface area contributed by atoms with E-state index >= 15 is 0 Å². The smallest absolute Gasteiger partial charge is 0.335 e. The molecule has 1 aromatic heterocycles. The topological polar surface area (TPSA) is 103 Å². The molecule has 2 N–H and O–H groups in total. The molecule has 160 valence electrons. The Morgan fingerprint density at radius 3 is 2.23 bits per heavy atom. The Bertz CT molecular complexity index is 1160. The van der Waals surface area contributed by atoms with Gasteiger partial charge in [-0.2, -0.15) is 0 Å². The molecule has 0 saturated carbocycles. The lowest BCUT2D eigenvalue weighted by atomic mass is 10.1. The van der Waals surface area contributed by atoms with E-state index in [0.717, 1.165) is 5.82 Å². The van der Waals surface area contributed by atoms with Gasteiger partial charge in [-0.15, -0.1) is 0 Å². The van der Waals surface area contributed by atoms with Gasteiger partial charge in [-0.3, -0.25) is 4.72 Å². The minimum atomic E-state index is -3.86. The van der Waals surface area contributed by atoms with Gasteiger partial charge in [0.05, 0.1) is 21.8 Å². The van der Waals surface area contributed by atoms with Crippen LogP contribution in [0.1, 0.15) is 10.4 Å². The SMILES string of the molecule is O=C(O)c1ccc(N2CCN(c3ccccn3)CC2)c(NS(=O)(=O)c2ccccc2)c1. The van der Waals surface area contributed by atoms with Gasteiger partial charge in [-0.05, 0) is 42.5 Å². The Hall–Kier alpha value is -3.59. The predicted molar refractivity (Wildman–Crippen MR) is 119 cm³/mol. The van der Waals surface area contributed by atoms with Crippen molar-refractivity contribution in [1.29, 1.82) is 0 Å². The summed E-state index contributed by atoms with van der Waals surface area (Å²) >= 11 is 0. The number of benzene rings is 2. The molecular formula is C22H22N4O4S. The summed E-state index contributed by atoms with van der Waals surface area (Å²) in [6.07, 6.45) is 1.75. The van der Waals surface area contributed by atoms with E-state index in [0.29, 0.717) is 31.9 Å². The maximum atomic E-state index is 12.9. The summed E-state index contributed by atoms with van der Waals surface area (Å²) in [5.74, 6) is -0.222. The maximum absolute atomic E-state index is 12.9. The Balaban J connectivity index is 1.60. The molecule has 1 aliphatic heterocycles. The molecule has 1 aliphatic rings. The fourth-order valence-corrected chi connectivity index (χ4v) is 4.63. The van der Waals surface area contributed by atoms with Crippen LogP contribution in [0.2, 0.25) is 0 Å². The van der Waals surface area contributed by atoms with Crippen LogP contribution in [0.25, 0.3) is 0 Å². The first-order valence-corrected chi connectivity index (χ1v) is 11.3. The standard InChI is InChI=1S/C22H22N4O4S/c27-22(28)17-9-10-20(19(16-17)24-31(29,30)18-6-2-1-3-7-18)25-12-14-26(15-13-25)21-8-4-5-11-23-21/h1-11,16,24H,12-15H2,(H,27,28). The minimum Gasteiger partial charge on any atom is -0.478 e. The van der Waals surface area contributed by atoms with Crippen LogP contribution in [-0.2, 0) is 10.0 Å². The van der Waals surface area contributed by atoms with Crippen LogP contribution in [0.4, 0.5) is 17.2 Å². The number of carboxylic acid groups (broad SMARTS) is 1. The number of hydrogen-bond acceptors (Lipinski definition) is 6.